The zero-order valence-electron chi connectivity index (χ0n) is 18.6. The lowest BCUT2D eigenvalue weighted by molar-refractivity contribution is -0.919. The molecule has 1 saturated heterocycles. The van der Waals surface area contributed by atoms with Crippen molar-refractivity contribution in [3.63, 3.8) is 0 Å². The molecule has 0 radical (unpaired) electrons. The molecule has 0 saturated carbocycles. The average molecular weight is 425 g/mol. The molecule has 0 unspecified atom stereocenters. The number of aryl methyl sites for hydroxylation is 1. The summed E-state index contributed by atoms with van der Waals surface area (Å²) in [7, 11) is 3.14. The van der Waals surface area contributed by atoms with Gasteiger partial charge in [0.2, 0.25) is 0 Å². The number of phenols is 1. The standard InChI is InChI=1S/C25H29NO5/c1-15-9-11-26(12-10-15)14-19-20(27)7-6-18-16(2)23(25(28)31-24(18)19)17-5-8-21(29-3)22(13-17)30-4/h5-8,13,15,27H,9-12,14H2,1-4H3/p+1. The van der Waals surface area contributed by atoms with E-state index in [9.17, 15) is 9.90 Å². The van der Waals surface area contributed by atoms with Crippen LogP contribution in [0.15, 0.2) is 39.5 Å². The number of aromatic hydroxyl groups is 1. The summed E-state index contributed by atoms with van der Waals surface area (Å²) in [5.74, 6) is 2.07. The molecule has 2 heterocycles. The van der Waals surface area contributed by atoms with Gasteiger partial charge in [0.15, 0.2) is 17.1 Å². The minimum Gasteiger partial charge on any atom is -0.507 e. The summed E-state index contributed by atoms with van der Waals surface area (Å²) in [6.07, 6.45) is 2.35. The number of hydrogen-bond donors (Lipinski definition) is 2. The van der Waals surface area contributed by atoms with Crippen LogP contribution in [0.2, 0.25) is 0 Å². The fraction of sp³-hybridized carbons (Fsp3) is 0.400. The fourth-order valence-electron chi connectivity index (χ4n) is 4.55. The van der Waals surface area contributed by atoms with Crippen LogP contribution in [0.5, 0.6) is 17.2 Å². The van der Waals surface area contributed by atoms with E-state index in [1.165, 1.54) is 17.7 Å². The molecule has 0 atom stereocenters. The van der Waals surface area contributed by atoms with Crippen LogP contribution in [0.1, 0.15) is 30.9 Å². The molecule has 6 heteroatoms. The molecule has 1 aliphatic heterocycles. The van der Waals surface area contributed by atoms with Gasteiger partial charge in [0.25, 0.3) is 0 Å². The van der Waals surface area contributed by atoms with Gasteiger partial charge in [-0.1, -0.05) is 13.0 Å². The van der Waals surface area contributed by atoms with E-state index in [1.54, 1.807) is 32.4 Å². The first-order valence-corrected chi connectivity index (χ1v) is 10.8. The van der Waals surface area contributed by atoms with Crippen molar-refractivity contribution in [1.29, 1.82) is 0 Å². The van der Waals surface area contributed by atoms with Crippen LogP contribution in [-0.4, -0.2) is 32.4 Å². The van der Waals surface area contributed by atoms with Crippen molar-refractivity contribution in [3.8, 4) is 28.4 Å². The Morgan fingerprint density at radius 2 is 1.81 bits per heavy atom. The van der Waals surface area contributed by atoms with E-state index in [0.717, 1.165) is 30.0 Å². The fourth-order valence-corrected chi connectivity index (χ4v) is 4.55. The summed E-state index contributed by atoms with van der Waals surface area (Å²) in [6.45, 7) is 6.97. The lowest BCUT2D eigenvalue weighted by Crippen LogP contribution is -3.11. The molecule has 0 aliphatic carbocycles. The van der Waals surface area contributed by atoms with Gasteiger partial charge in [-0.05, 0) is 61.1 Å². The average Bonchev–Trinajstić information content (AvgIpc) is 2.77. The number of methoxy groups -OCH3 is 2. The number of likely N-dealkylation sites (tertiary alicyclic amines) is 1. The van der Waals surface area contributed by atoms with Crippen LogP contribution in [0.4, 0.5) is 0 Å². The molecule has 0 amide bonds. The topological polar surface area (TPSA) is 73.3 Å². The van der Waals surface area contributed by atoms with Gasteiger partial charge < -0.3 is 23.9 Å². The van der Waals surface area contributed by atoms with Crippen LogP contribution >= 0.6 is 0 Å². The number of rotatable bonds is 5. The van der Waals surface area contributed by atoms with E-state index < -0.39 is 5.63 Å². The first-order valence-electron chi connectivity index (χ1n) is 10.8. The van der Waals surface area contributed by atoms with E-state index >= 15 is 0 Å². The first kappa shape index (κ1) is 21.2. The zero-order chi connectivity index (χ0) is 22.1. The van der Waals surface area contributed by atoms with Gasteiger partial charge in [0.05, 0.1) is 38.4 Å². The van der Waals surface area contributed by atoms with Crippen molar-refractivity contribution in [2.24, 2.45) is 5.92 Å². The van der Waals surface area contributed by atoms with E-state index in [4.69, 9.17) is 13.9 Å². The second-order valence-corrected chi connectivity index (χ2v) is 8.51. The van der Waals surface area contributed by atoms with E-state index in [1.807, 2.05) is 19.1 Å². The summed E-state index contributed by atoms with van der Waals surface area (Å²) in [6, 6.07) is 8.91. The molecule has 1 fully saturated rings. The second kappa shape index (κ2) is 8.63. The van der Waals surface area contributed by atoms with Gasteiger partial charge in [-0.3, -0.25) is 0 Å². The van der Waals surface area contributed by atoms with E-state index in [0.29, 0.717) is 40.3 Å². The molecule has 1 aliphatic rings. The minimum absolute atomic E-state index is 0.181. The Bertz CT molecular complexity index is 1160. The molecular formula is C25H30NO5+. The Labute approximate surface area is 182 Å². The number of hydrogen-bond acceptors (Lipinski definition) is 5. The van der Waals surface area contributed by atoms with E-state index in [-0.39, 0.29) is 5.75 Å². The molecule has 4 rings (SSSR count). The molecule has 1 aromatic heterocycles. The van der Waals surface area contributed by atoms with Crippen LogP contribution in [0.25, 0.3) is 22.1 Å². The first-order chi connectivity index (χ1) is 14.9. The van der Waals surface area contributed by atoms with Crippen LogP contribution in [0, 0.1) is 12.8 Å². The normalized spacial score (nSPS) is 18.8. The summed E-state index contributed by atoms with van der Waals surface area (Å²) >= 11 is 0. The predicted octanol–water partition coefficient (Wildman–Crippen LogP) is 3.31. The van der Waals surface area contributed by atoms with Crippen LogP contribution < -0.4 is 20.0 Å². The van der Waals surface area contributed by atoms with Gasteiger partial charge in [0.1, 0.15) is 12.3 Å². The van der Waals surface area contributed by atoms with Crippen molar-refractivity contribution in [2.75, 3.05) is 27.3 Å². The maximum absolute atomic E-state index is 13.1. The Balaban J connectivity index is 1.81. The number of quaternary nitrogens is 1. The molecule has 3 aromatic rings. The highest BCUT2D eigenvalue weighted by atomic mass is 16.5. The molecule has 31 heavy (non-hydrogen) atoms. The van der Waals surface area contributed by atoms with E-state index in [2.05, 4.69) is 6.92 Å². The zero-order valence-corrected chi connectivity index (χ0v) is 18.6. The smallest absolute Gasteiger partial charge is 0.344 e. The molecule has 2 aromatic carbocycles. The Hall–Kier alpha value is -2.99. The SMILES string of the molecule is COc1ccc(-c2c(C)c3ccc(O)c(C[NH+]4CCC(C)CC4)c3oc2=O)cc1OC. The highest BCUT2D eigenvalue weighted by Gasteiger charge is 2.24. The molecule has 0 bridgehead atoms. The highest BCUT2D eigenvalue weighted by molar-refractivity contribution is 5.90. The third kappa shape index (κ3) is 4.00. The van der Waals surface area contributed by atoms with Gasteiger partial charge in [-0.25, -0.2) is 4.79 Å². The van der Waals surface area contributed by atoms with Crippen molar-refractivity contribution in [3.05, 3.63) is 51.9 Å². The quantitative estimate of drug-likeness (QED) is 0.615. The molecule has 6 nitrogen and oxygen atoms in total. The van der Waals surface area contributed by atoms with Gasteiger partial charge in [-0.15, -0.1) is 0 Å². The monoisotopic (exact) mass is 424 g/mol. The predicted molar refractivity (Wildman–Crippen MR) is 120 cm³/mol. The summed E-state index contributed by atoms with van der Waals surface area (Å²) in [4.78, 5) is 14.5. The van der Waals surface area contributed by atoms with Crippen LogP contribution in [-0.2, 0) is 6.54 Å². The number of phenolic OH excluding ortho intramolecular Hbond substituents is 1. The van der Waals surface area contributed by atoms with Crippen LogP contribution in [0.3, 0.4) is 0 Å². The number of benzene rings is 2. The van der Waals surface area contributed by atoms with Gasteiger partial charge >= 0.3 is 5.63 Å². The Morgan fingerprint density at radius 3 is 2.48 bits per heavy atom. The number of fused-ring (bicyclic) bond motifs is 1. The Morgan fingerprint density at radius 1 is 1.10 bits per heavy atom. The highest BCUT2D eigenvalue weighted by Crippen LogP contribution is 2.35. The number of ether oxygens (including phenoxy) is 2. The summed E-state index contributed by atoms with van der Waals surface area (Å²) < 4.78 is 16.5. The lowest BCUT2D eigenvalue weighted by atomic mass is 9.96. The Kier molecular flexibility index (Phi) is 5.92. The lowest BCUT2D eigenvalue weighted by Gasteiger charge is -2.27. The maximum Gasteiger partial charge on any atom is 0.344 e. The summed E-state index contributed by atoms with van der Waals surface area (Å²) in [5.41, 5.74) is 2.78. The molecule has 2 N–H and O–H groups in total. The third-order valence-corrected chi connectivity index (χ3v) is 6.49. The van der Waals surface area contributed by atoms with Crippen molar-refractivity contribution >= 4 is 11.0 Å². The number of piperidine rings is 1. The van der Waals surface area contributed by atoms with Crippen molar-refractivity contribution in [2.45, 2.75) is 33.2 Å². The minimum atomic E-state index is -0.425. The molecule has 0 spiro atoms. The molecule has 164 valence electrons. The second-order valence-electron chi connectivity index (χ2n) is 8.51. The van der Waals surface area contributed by atoms with Gasteiger partial charge in [-0.2, -0.15) is 0 Å². The van der Waals surface area contributed by atoms with Crippen molar-refractivity contribution in [1.82, 2.24) is 0 Å². The maximum atomic E-state index is 13.1. The molecular weight excluding hydrogens is 394 g/mol. The van der Waals surface area contributed by atoms with Gasteiger partial charge in [0, 0.05) is 5.39 Å². The number of nitrogens with one attached hydrogen (secondary N) is 1. The third-order valence-electron chi connectivity index (χ3n) is 6.49. The largest absolute Gasteiger partial charge is 0.507 e. The summed E-state index contributed by atoms with van der Waals surface area (Å²) in [5, 5.41) is 11.4. The van der Waals surface area contributed by atoms with Crippen molar-refractivity contribution < 1.29 is 23.9 Å².